The van der Waals surface area contributed by atoms with Gasteiger partial charge in [-0.25, -0.2) is 13.2 Å². The zero-order chi connectivity index (χ0) is 17.8. The molecule has 3 rings (SSSR count). The van der Waals surface area contributed by atoms with E-state index in [9.17, 15) is 13.2 Å². The van der Waals surface area contributed by atoms with Crippen LogP contribution in [-0.2, 0) is 20.1 Å². The summed E-state index contributed by atoms with van der Waals surface area (Å²) in [6.45, 7) is 0.00414. The first-order valence-electron chi connectivity index (χ1n) is 7.78. The smallest absolute Gasteiger partial charge is 0.257 e. The number of hydrogen-bond donors (Lipinski definition) is 1. The third kappa shape index (κ3) is 4.48. The van der Waals surface area contributed by atoms with Crippen LogP contribution in [-0.4, -0.2) is 26.0 Å². The Balaban J connectivity index is 1.76. The Bertz CT molecular complexity index is 810. The summed E-state index contributed by atoms with van der Waals surface area (Å²) in [5.74, 6) is -0.304. The molecule has 0 spiro atoms. The molecule has 0 aliphatic heterocycles. The molecule has 0 amide bonds. The number of aryl methyl sites for hydroxylation is 1. The molecule has 1 N–H and O–H groups in total. The molecule has 0 saturated carbocycles. The molecule has 2 aromatic heterocycles. The van der Waals surface area contributed by atoms with Crippen molar-refractivity contribution < 1.29 is 13.2 Å². The van der Waals surface area contributed by atoms with Gasteiger partial charge < -0.3 is 5.32 Å². The predicted octanol–water partition coefficient (Wildman–Crippen LogP) is 2.90. The number of halogens is 3. The van der Waals surface area contributed by atoms with Crippen LogP contribution in [0.2, 0.25) is 0 Å². The third-order valence-electron chi connectivity index (χ3n) is 3.78. The molecule has 1 atom stereocenters. The number of benzene rings is 1. The van der Waals surface area contributed by atoms with E-state index < -0.39 is 13.0 Å². The lowest BCUT2D eigenvalue weighted by atomic mass is 10.0. The van der Waals surface area contributed by atoms with E-state index in [4.69, 9.17) is 0 Å². The minimum Gasteiger partial charge on any atom is -0.302 e. The number of nitrogens with one attached hydrogen (secondary N) is 1. The maximum absolute atomic E-state index is 13.2. The molecule has 0 saturated heterocycles. The van der Waals surface area contributed by atoms with E-state index in [1.54, 1.807) is 35.4 Å². The van der Waals surface area contributed by atoms with Crippen LogP contribution in [0.5, 0.6) is 0 Å². The van der Waals surface area contributed by atoms with E-state index in [2.05, 4.69) is 15.5 Å². The summed E-state index contributed by atoms with van der Waals surface area (Å²) in [4.78, 5) is 0. The highest BCUT2D eigenvalue weighted by atomic mass is 19.3. The first kappa shape index (κ1) is 17.2. The SMILES string of the molecule is Cn1cc(C(NCc2cnn(CC(F)F)c2)c2ccc(F)cc2)cn1. The highest BCUT2D eigenvalue weighted by Crippen LogP contribution is 2.22. The maximum Gasteiger partial charge on any atom is 0.257 e. The maximum atomic E-state index is 13.2. The van der Waals surface area contributed by atoms with E-state index in [0.29, 0.717) is 6.54 Å². The summed E-state index contributed by atoms with van der Waals surface area (Å²) in [7, 11) is 1.82. The quantitative estimate of drug-likeness (QED) is 0.713. The van der Waals surface area contributed by atoms with Gasteiger partial charge in [-0.3, -0.25) is 9.36 Å². The Morgan fingerprint density at radius 3 is 2.44 bits per heavy atom. The van der Waals surface area contributed by atoms with Crippen LogP contribution in [0.25, 0.3) is 0 Å². The summed E-state index contributed by atoms with van der Waals surface area (Å²) in [6.07, 6.45) is 4.32. The van der Waals surface area contributed by atoms with E-state index in [0.717, 1.165) is 16.7 Å². The lowest BCUT2D eigenvalue weighted by Gasteiger charge is -2.17. The summed E-state index contributed by atoms with van der Waals surface area (Å²) < 4.78 is 40.9. The van der Waals surface area contributed by atoms with Gasteiger partial charge >= 0.3 is 0 Å². The molecule has 1 aromatic carbocycles. The first-order chi connectivity index (χ1) is 12.0. The molecule has 0 radical (unpaired) electrons. The number of nitrogens with zero attached hydrogens (tertiary/aromatic N) is 4. The van der Waals surface area contributed by atoms with Crippen molar-refractivity contribution in [3.63, 3.8) is 0 Å². The fourth-order valence-electron chi connectivity index (χ4n) is 2.63. The molecule has 2 heterocycles. The van der Waals surface area contributed by atoms with Crippen LogP contribution >= 0.6 is 0 Å². The monoisotopic (exact) mass is 349 g/mol. The Kier molecular flexibility index (Phi) is 5.18. The second-order valence-corrected chi connectivity index (χ2v) is 5.77. The van der Waals surface area contributed by atoms with Gasteiger partial charge in [0.25, 0.3) is 6.43 Å². The first-order valence-corrected chi connectivity index (χ1v) is 7.78. The van der Waals surface area contributed by atoms with E-state index in [1.807, 2.05) is 13.2 Å². The second-order valence-electron chi connectivity index (χ2n) is 5.77. The minimum atomic E-state index is -2.44. The third-order valence-corrected chi connectivity index (χ3v) is 3.78. The van der Waals surface area contributed by atoms with Gasteiger partial charge in [-0.05, 0) is 17.7 Å². The van der Waals surface area contributed by atoms with Crippen molar-refractivity contribution in [3.8, 4) is 0 Å². The van der Waals surface area contributed by atoms with Crippen LogP contribution < -0.4 is 5.32 Å². The lowest BCUT2D eigenvalue weighted by Crippen LogP contribution is -2.21. The normalized spacial score (nSPS) is 12.7. The topological polar surface area (TPSA) is 47.7 Å². The van der Waals surface area contributed by atoms with E-state index >= 15 is 0 Å². The van der Waals surface area contributed by atoms with Crippen molar-refractivity contribution >= 4 is 0 Å². The summed E-state index contributed by atoms with van der Waals surface area (Å²) in [5, 5.41) is 11.5. The van der Waals surface area contributed by atoms with Crippen molar-refractivity contribution in [3.05, 3.63) is 71.6 Å². The highest BCUT2D eigenvalue weighted by molar-refractivity contribution is 5.29. The number of hydrogen-bond acceptors (Lipinski definition) is 3. The zero-order valence-electron chi connectivity index (χ0n) is 13.6. The van der Waals surface area contributed by atoms with Crippen LogP contribution in [0.3, 0.4) is 0 Å². The van der Waals surface area contributed by atoms with Crippen molar-refractivity contribution in [1.29, 1.82) is 0 Å². The summed E-state index contributed by atoms with van der Waals surface area (Å²) in [5.41, 5.74) is 2.60. The predicted molar refractivity (Wildman–Crippen MR) is 86.5 cm³/mol. The van der Waals surface area contributed by atoms with Gasteiger partial charge in [0.05, 0.1) is 18.4 Å². The van der Waals surface area contributed by atoms with Gasteiger partial charge in [-0.2, -0.15) is 10.2 Å². The standard InChI is InChI=1S/C17H18F3N5/c1-24-10-14(8-22-24)17(13-2-4-15(18)5-3-13)21-6-12-7-23-25(9-12)11-16(19)20/h2-5,7-10,16-17,21H,6,11H2,1H3. The summed E-state index contributed by atoms with van der Waals surface area (Å²) >= 11 is 0. The van der Waals surface area contributed by atoms with Crippen molar-refractivity contribution in [2.45, 2.75) is 25.6 Å². The Morgan fingerprint density at radius 1 is 1.04 bits per heavy atom. The van der Waals surface area contributed by atoms with Crippen molar-refractivity contribution in [1.82, 2.24) is 24.9 Å². The van der Waals surface area contributed by atoms with Gasteiger partial charge in [0, 0.05) is 37.1 Å². The minimum absolute atomic E-state index is 0.201. The average Bonchev–Trinajstić information content (AvgIpc) is 3.18. The molecule has 0 aliphatic rings. The molecular formula is C17H18F3N5. The highest BCUT2D eigenvalue weighted by Gasteiger charge is 2.16. The van der Waals surface area contributed by atoms with Crippen molar-refractivity contribution in [2.24, 2.45) is 7.05 Å². The molecule has 8 heteroatoms. The van der Waals surface area contributed by atoms with Crippen LogP contribution in [0.4, 0.5) is 13.2 Å². The summed E-state index contributed by atoms with van der Waals surface area (Å²) in [6, 6.07) is 6.02. The van der Waals surface area contributed by atoms with E-state index in [1.165, 1.54) is 16.8 Å². The Labute approximate surface area is 143 Å². The second kappa shape index (κ2) is 7.52. The average molecular weight is 349 g/mol. The van der Waals surface area contributed by atoms with Crippen LogP contribution in [0, 0.1) is 5.82 Å². The van der Waals surface area contributed by atoms with Gasteiger partial charge in [-0.15, -0.1) is 0 Å². The lowest BCUT2D eigenvalue weighted by molar-refractivity contribution is 0.122. The number of alkyl halides is 2. The molecule has 25 heavy (non-hydrogen) atoms. The molecule has 132 valence electrons. The number of rotatable bonds is 7. The van der Waals surface area contributed by atoms with Crippen LogP contribution in [0.1, 0.15) is 22.7 Å². The van der Waals surface area contributed by atoms with Gasteiger partial charge in [0.15, 0.2) is 0 Å². The fraction of sp³-hybridized carbons (Fsp3) is 0.294. The zero-order valence-corrected chi connectivity index (χ0v) is 13.6. The fourth-order valence-corrected chi connectivity index (χ4v) is 2.63. The van der Waals surface area contributed by atoms with Crippen molar-refractivity contribution in [2.75, 3.05) is 0 Å². The Morgan fingerprint density at radius 2 is 1.80 bits per heavy atom. The molecule has 5 nitrogen and oxygen atoms in total. The Hall–Kier alpha value is -2.61. The van der Waals surface area contributed by atoms with E-state index in [-0.39, 0.29) is 11.9 Å². The number of aromatic nitrogens is 4. The largest absolute Gasteiger partial charge is 0.302 e. The molecule has 0 aliphatic carbocycles. The molecule has 3 aromatic rings. The molecular weight excluding hydrogens is 331 g/mol. The van der Waals surface area contributed by atoms with Gasteiger partial charge in [0.2, 0.25) is 0 Å². The molecule has 0 bridgehead atoms. The van der Waals surface area contributed by atoms with Gasteiger partial charge in [-0.1, -0.05) is 12.1 Å². The molecule has 1 unspecified atom stereocenters. The van der Waals surface area contributed by atoms with Gasteiger partial charge in [0.1, 0.15) is 12.4 Å². The van der Waals surface area contributed by atoms with Crippen LogP contribution in [0.15, 0.2) is 49.1 Å². The molecule has 0 fully saturated rings.